The van der Waals surface area contributed by atoms with Crippen molar-refractivity contribution in [2.75, 3.05) is 0 Å². The first-order chi connectivity index (χ1) is 12.8. The van der Waals surface area contributed by atoms with Crippen LogP contribution in [-0.4, -0.2) is 32.3 Å². The van der Waals surface area contributed by atoms with E-state index in [2.05, 4.69) is 10.4 Å². The van der Waals surface area contributed by atoms with E-state index < -0.39 is 17.4 Å². The van der Waals surface area contributed by atoms with E-state index in [9.17, 15) is 14.7 Å². The SMILES string of the molecule is Cc1cc(C)n(Cc2ccc(C(=O)NC3(C)CCCCC3C(=O)O)cc2)n1. The van der Waals surface area contributed by atoms with Crippen molar-refractivity contribution in [3.8, 4) is 0 Å². The lowest BCUT2D eigenvalue weighted by Crippen LogP contribution is -2.55. The molecule has 6 heteroatoms. The van der Waals surface area contributed by atoms with Gasteiger partial charge in [0.25, 0.3) is 5.91 Å². The number of aliphatic carboxylic acids is 1. The van der Waals surface area contributed by atoms with Crippen LogP contribution in [0.25, 0.3) is 0 Å². The minimum Gasteiger partial charge on any atom is -0.481 e. The number of carbonyl (C=O) groups is 2. The zero-order valence-electron chi connectivity index (χ0n) is 16.2. The van der Waals surface area contributed by atoms with Gasteiger partial charge in [-0.15, -0.1) is 0 Å². The van der Waals surface area contributed by atoms with E-state index in [0.29, 0.717) is 24.9 Å². The van der Waals surface area contributed by atoms with Crippen molar-refractivity contribution < 1.29 is 14.7 Å². The summed E-state index contributed by atoms with van der Waals surface area (Å²) in [5.41, 5.74) is 2.98. The summed E-state index contributed by atoms with van der Waals surface area (Å²) in [5.74, 6) is -1.60. The highest BCUT2D eigenvalue weighted by atomic mass is 16.4. The van der Waals surface area contributed by atoms with Crippen LogP contribution < -0.4 is 5.32 Å². The molecule has 144 valence electrons. The monoisotopic (exact) mass is 369 g/mol. The van der Waals surface area contributed by atoms with Crippen molar-refractivity contribution >= 4 is 11.9 Å². The normalized spacial score (nSPS) is 22.4. The molecule has 0 saturated heterocycles. The number of aryl methyl sites for hydroxylation is 2. The number of carboxylic acids is 1. The van der Waals surface area contributed by atoms with Gasteiger partial charge in [-0.25, -0.2) is 0 Å². The van der Waals surface area contributed by atoms with Gasteiger partial charge >= 0.3 is 5.97 Å². The fourth-order valence-corrected chi connectivity index (χ4v) is 3.98. The molecule has 1 aromatic heterocycles. The van der Waals surface area contributed by atoms with Crippen molar-refractivity contribution in [3.63, 3.8) is 0 Å². The van der Waals surface area contributed by atoms with Crippen LogP contribution in [-0.2, 0) is 11.3 Å². The predicted octanol–water partition coefficient (Wildman–Crippen LogP) is 3.31. The average molecular weight is 369 g/mol. The maximum atomic E-state index is 12.7. The summed E-state index contributed by atoms with van der Waals surface area (Å²) >= 11 is 0. The number of aromatic nitrogens is 2. The van der Waals surface area contributed by atoms with Crippen LogP contribution in [0.1, 0.15) is 59.9 Å². The molecule has 1 heterocycles. The van der Waals surface area contributed by atoms with Gasteiger partial charge in [0.1, 0.15) is 0 Å². The molecule has 1 saturated carbocycles. The highest BCUT2D eigenvalue weighted by Crippen LogP contribution is 2.34. The van der Waals surface area contributed by atoms with Gasteiger partial charge in [-0.3, -0.25) is 14.3 Å². The first kappa shape index (κ1) is 19.1. The van der Waals surface area contributed by atoms with Crippen molar-refractivity contribution in [2.45, 2.75) is 58.5 Å². The van der Waals surface area contributed by atoms with Crippen LogP contribution in [0.4, 0.5) is 0 Å². The van der Waals surface area contributed by atoms with E-state index in [1.807, 2.05) is 43.7 Å². The van der Waals surface area contributed by atoms with Gasteiger partial charge in [0, 0.05) is 11.3 Å². The molecule has 1 aliphatic carbocycles. The number of benzene rings is 1. The van der Waals surface area contributed by atoms with Gasteiger partial charge in [-0.2, -0.15) is 5.10 Å². The minimum atomic E-state index is -0.835. The molecule has 2 N–H and O–H groups in total. The Kier molecular flexibility index (Phi) is 5.35. The molecule has 0 bridgehead atoms. The van der Waals surface area contributed by atoms with Gasteiger partial charge in [-0.1, -0.05) is 25.0 Å². The van der Waals surface area contributed by atoms with Crippen molar-refractivity contribution in [2.24, 2.45) is 5.92 Å². The number of rotatable bonds is 5. The molecule has 0 spiro atoms. The number of hydrogen-bond donors (Lipinski definition) is 2. The highest BCUT2D eigenvalue weighted by Gasteiger charge is 2.42. The third kappa shape index (κ3) is 4.21. The molecule has 1 fully saturated rings. The fourth-order valence-electron chi connectivity index (χ4n) is 3.98. The number of carbonyl (C=O) groups excluding carboxylic acids is 1. The maximum Gasteiger partial charge on any atom is 0.308 e. The van der Waals surface area contributed by atoms with Crippen LogP contribution in [0.3, 0.4) is 0 Å². The van der Waals surface area contributed by atoms with Crippen molar-refractivity contribution in [1.29, 1.82) is 0 Å². The summed E-state index contributed by atoms with van der Waals surface area (Å²) in [7, 11) is 0. The first-order valence-corrected chi connectivity index (χ1v) is 9.44. The summed E-state index contributed by atoms with van der Waals surface area (Å²) in [6, 6.07) is 9.45. The Hall–Kier alpha value is -2.63. The third-order valence-corrected chi connectivity index (χ3v) is 5.56. The lowest BCUT2D eigenvalue weighted by atomic mass is 9.73. The molecule has 1 aromatic carbocycles. The van der Waals surface area contributed by atoms with E-state index in [-0.39, 0.29) is 5.91 Å². The lowest BCUT2D eigenvalue weighted by molar-refractivity contribution is -0.145. The number of hydrogen-bond acceptors (Lipinski definition) is 3. The summed E-state index contributed by atoms with van der Waals surface area (Å²) in [5, 5.41) is 16.9. The van der Waals surface area contributed by atoms with Crippen molar-refractivity contribution in [1.82, 2.24) is 15.1 Å². The van der Waals surface area contributed by atoms with E-state index in [0.717, 1.165) is 29.8 Å². The second-order valence-corrected chi connectivity index (χ2v) is 7.79. The summed E-state index contributed by atoms with van der Waals surface area (Å²) in [6.07, 6.45) is 3.12. The lowest BCUT2D eigenvalue weighted by Gasteiger charge is -2.39. The topological polar surface area (TPSA) is 84.2 Å². The van der Waals surface area contributed by atoms with Crippen LogP contribution in [0, 0.1) is 19.8 Å². The minimum absolute atomic E-state index is 0.219. The van der Waals surface area contributed by atoms with Crippen LogP contribution in [0.5, 0.6) is 0 Å². The molecular weight excluding hydrogens is 342 g/mol. The molecule has 6 nitrogen and oxygen atoms in total. The Balaban J connectivity index is 1.70. The number of nitrogens with zero attached hydrogens (tertiary/aromatic N) is 2. The molecular formula is C21H27N3O3. The Morgan fingerprint density at radius 3 is 2.56 bits per heavy atom. The first-order valence-electron chi connectivity index (χ1n) is 9.44. The molecule has 2 unspecified atom stereocenters. The maximum absolute atomic E-state index is 12.7. The average Bonchev–Trinajstić information content (AvgIpc) is 2.92. The molecule has 2 aromatic rings. The van der Waals surface area contributed by atoms with E-state index >= 15 is 0 Å². The van der Waals surface area contributed by atoms with E-state index in [1.165, 1.54) is 0 Å². The summed E-state index contributed by atoms with van der Waals surface area (Å²) in [6.45, 7) is 6.49. The second-order valence-electron chi connectivity index (χ2n) is 7.79. The van der Waals surface area contributed by atoms with Crippen LogP contribution in [0.2, 0.25) is 0 Å². The Morgan fingerprint density at radius 2 is 1.96 bits per heavy atom. The smallest absolute Gasteiger partial charge is 0.308 e. The van der Waals surface area contributed by atoms with E-state index in [4.69, 9.17) is 0 Å². The fraction of sp³-hybridized carbons (Fsp3) is 0.476. The van der Waals surface area contributed by atoms with Crippen molar-refractivity contribution in [3.05, 3.63) is 52.8 Å². The Bertz CT molecular complexity index is 841. The Labute approximate surface area is 159 Å². The number of amides is 1. The van der Waals surface area contributed by atoms with Gasteiger partial charge in [0.15, 0.2) is 0 Å². The van der Waals surface area contributed by atoms with Gasteiger partial charge in [0.05, 0.1) is 23.7 Å². The Morgan fingerprint density at radius 1 is 1.26 bits per heavy atom. The van der Waals surface area contributed by atoms with Crippen LogP contribution >= 0.6 is 0 Å². The molecule has 1 aliphatic rings. The molecule has 0 aliphatic heterocycles. The van der Waals surface area contributed by atoms with E-state index in [1.54, 1.807) is 12.1 Å². The van der Waals surface area contributed by atoms with Gasteiger partial charge in [0.2, 0.25) is 0 Å². The quantitative estimate of drug-likeness (QED) is 0.847. The second kappa shape index (κ2) is 7.55. The van der Waals surface area contributed by atoms with Crippen LogP contribution in [0.15, 0.2) is 30.3 Å². The standard InChI is InChI=1S/C21H27N3O3/c1-14-12-15(2)24(23-14)13-16-7-9-17(10-8-16)19(25)22-21(3)11-5-4-6-18(21)20(26)27/h7-10,12,18H,4-6,11,13H2,1-3H3,(H,22,25)(H,26,27). The highest BCUT2D eigenvalue weighted by molar-refractivity contribution is 5.95. The number of nitrogens with one attached hydrogen (secondary N) is 1. The third-order valence-electron chi connectivity index (χ3n) is 5.56. The largest absolute Gasteiger partial charge is 0.481 e. The summed E-state index contributed by atoms with van der Waals surface area (Å²) < 4.78 is 1.94. The zero-order chi connectivity index (χ0) is 19.6. The molecule has 27 heavy (non-hydrogen) atoms. The predicted molar refractivity (Wildman–Crippen MR) is 103 cm³/mol. The van der Waals surface area contributed by atoms with Gasteiger partial charge < -0.3 is 10.4 Å². The molecule has 0 radical (unpaired) electrons. The number of carboxylic acid groups (broad SMARTS) is 1. The summed E-state index contributed by atoms with van der Waals surface area (Å²) in [4.78, 5) is 24.3. The molecule has 1 amide bonds. The zero-order valence-corrected chi connectivity index (χ0v) is 16.2. The van der Waals surface area contributed by atoms with Gasteiger partial charge in [-0.05, 0) is 57.4 Å². The molecule has 3 rings (SSSR count). The molecule has 2 atom stereocenters.